The molecule has 2 heterocycles. The van der Waals surface area contributed by atoms with Crippen molar-refractivity contribution in [1.29, 1.82) is 0 Å². The lowest BCUT2D eigenvalue weighted by Gasteiger charge is -2.33. The van der Waals surface area contributed by atoms with E-state index in [4.69, 9.17) is 4.74 Å². The number of methoxy groups -OCH3 is 1. The Bertz CT molecular complexity index is 921. The Balaban J connectivity index is 0.00000166. The van der Waals surface area contributed by atoms with Crippen molar-refractivity contribution in [3.63, 3.8) is 0 Å². The van der Waals surface area contributed by atoms with E-state index in [1.54, 1.807) is 7.11 Å². The van der Waals surface area contributed by atoms with Gasteiger partial charge in [0.2, 0.25) is 12.3 Å². The van der Waals surface area contributed by atoms with Crippen LogP contribution in [0.4, 0.5) is 0 Å². The molecular weight excluding hydrogens is 398 g/mol. The zero-order valence-corrected chi connectivity index (χ0v) is 18.8. The van der Waals surface area contributed by atoms with Crippen LogP contribution in [0.2, 0.25) is 0 Å². The monoisotopic (exact) mass is 431 g/mol. The number of carboxylic acids is 1. The van der Waals surface area contributed by atoms with Crippen LogP contribution in [0.5, 0.6) is 5.75 Å². The van der Waals surface area contributed by atoms with Crippen LogP contribution in [0.15, 0.2) is 18.2 Å². The first-order valence-electron chi connectivity index (χ1n) is 10.7. The van der Waals surface area contributed by atoms with Crippen LogP contribution in [-0.4, -0.2) is 47.6 Å². The summed E-state index contributed by atoms with van der Waals surface area (Å²) < 4.78 is 5.32. The van der Waals surface area contributed by atoms with E-state index < -0.39 is 18.1 Å². The maximum atomic E-state index is 12.8. The molecule has 0 saturated carbocycles. The predicted octanol–water partition coefficient (Wildman–Crippen LogP) is 2.96. The third-order valence-electron chi connectivity index (χ3n) is 5.44. The van der Waals surface area contributed by atoms with Gasteiger partial charge in [-0.25, -0.2) is 0 Å². The van der Waals surface area contributed by atoms with Gasteiger partial charge < -0.3 is 25.5 Å². The van der Waals surface area contributed by atoms with Crippen molar-refractivity contribution in [2.45, 2.75) is 65.0 Å². The van der Waals surface area contributed by atoms with Crippen LogP contribution in [0, 0.1) is 5.92 Å². The Morgan fingerprint density at radius 1 is 1.35 bits per heavy atom. The minimum atomic E-state index is -0.983. The first-order chi connectivity index (χ1) is 14.8. The molecule has 31 heavy (non-hydrogen) atoms. The summed E-state index contributed by atoms with van der Waals surface area (Å²) in [6, 6.07) is 4.30. The summed E-state index contributed by atoms with van der Waals surface area (Å²) in [5.74, 6) is -0.550. The standard InChI is InChI=1S/C21H27N3O5.C2H6/c1-11(2)6-15-17(9-19(26)27)24-21(28)18(22-10-25)8-14-13-5-4-12(29-3)7-16(13)23-20(14)15;1-2/h4-5,7,10-11,15,17-18,23H,6,8-9H2,1-3H3,(H,22,25)(H,24,28)(H,26,27);1-2H3. The van der Waals surface area contributed by atoms with Crippen molar-refractivity contribution in [3.8, 4) is 5.75 Å². The molecule has 8 nitrogen and oxygen atoms in total. The number of hydrogen-bond donors (Lipinski definition) is 4. The zero-order chi connectivity index (χ0) is 23.1. The second-order valence-electron chi connectivity index (χ2n) is 7.92. The molecule has 0 saturated heterocycles. The topological polar surface area (TPSA) is 121 Å². The van der Waals surface area contributed by atoms with Gasteiger partial charge in [-0.05, 0) is 30.0 Å². The molecule has 8 heteroatoms. The number of fused-ring (bicyclic) bond motifs is 3. The van der Waals surface area contributed by atoms with Gasteiger partial charge in [0, 0.05) is 41.0 Å². The summed E-state index contributed by atoms with van der Waals surface area (Å²) in [7, 11) is 1.59. The SMILES string of the molecule is CC.COc1ccc2c3c([nH]c2c1)C(CC(C)C)C(CC(=O)O)NC(=O)C(NC=O)C3. The van der Waals surface area contributed by atoms with Gasteiger partial charge in [0.25, 0.3) is 0 Å². The molecule has 170 valence electrons. The number of aromatic nitrogens is 1. The normalized spacial score (nSPS) is 20.6. The number of nitrogens with one attached hydrogen (secondary N) is 3. The van der Waals surface area contributed by atoms with Crippen molar-refractivity contribution in [1.82, 2.24) is 15.6 Å². The van der Waals surface area contributed by atoms with E-state index in [0.29, 0.717) is 30.9 Å². The van der Waals surface area contributed by atoms with Gasteiger partial charge in [0.05, 0.1) is 13.5 Å². The van der Waals surface area contributed by atoms with Crippen LogP contribution in [0.3, 0.4) is 0 Å². The second-order valence-corrected chi connectivity index (χ2v) is 7.92. The Morgan fingerprint density at radius 3 is 2.65 bits per heavy atom. The lowest BCUT2D eigenvalue weighted by Crippen LogP contribution is -2.52. The molecule has 3 unspecified atom stereocenters. The quantitative estimate of drug-likeness (QED) is 0.502. The van der Waals surface area contributed by atoms with Crippen molar-refractivity contribution >= 4 is 29.2 Å². The maximum Gasteiger partial charge on any atom is 0.305 e. The molecule has 2 aromatic rings. The van der Waals surface area contributed by atoms with E-state index in [-0.39, 0.29) is 18.2 Å². The molecule has 4 N–H and O–H groups in total. The number of hydrogen-bond acceptors (Lipinski definition) is 4. The molecule has 0 bridgehead atoms. The minimum absolute atomic E-state index is 0.194. The van der Waals surface area contributed by atoms with E-state index in [1.807, 2.05) is 32.0 Å². The maximum absolute atomic E-state index is 12.8. The van der Waals surface area contributed by atoms with E-state index >= 15 is 0 Å². The van der Waals surface area contributed by atoms with Crippen molar-refractivity contribution < 1.29 is 24.2 Å². The first kappa shape index (κ1) is 24.2. The highest BCUT2D eigenvalue weighted by Gasteiger charge is 2.36. The minimum Gasteiger partial charge on any atom is -0.497 e. The highest BCUT2D eigenvalue weighted by molar-refractivity contribution is 5.90. The fourth-order valence-electron chi connectivity index (χ4n) is 4.19. The Hall–Kier alpha value is -3.03. The third kappa shape index (κ3) is 5.57. The molecule has 0 fully saturated rings. The van der Waals surface area contributed by atoms with Gasteiger partial charge in [0.1, 0.15) is 11.8 Å². The number of carboxylic acid groups (broad SMARTS) is 1. The van der Waals surface area contributed by atoms with Gasteiger partial charge >= 0.3 is 5.97 Å². The number of aromatic amines is 1. The smallest absolute Gasteiger partial charge is 0.305 e. The van der Waals surface area contributed by atoms with Crippen molar-refractivity contribution in [2.24, 2.45) is 5.92 Å². The van der Waals surface area contributed by atoms with Gasteiger partial charge in [0.15, 0.2) is 0 Å². The molecule has 1 aromatic carbocycles. The number of ether oxygens (including phenoxy) is 1. The Morgan fingerprint density at radius 2 is 2.06 bits per heavy atom. The van der Waals surface area contributed by atoms with Gasteiger partial charge in [-0.3, -0.25) is 14.4 Å². The van der Waals surface area contributed by atoms with Crippen LogP contribution in [0.1, 0.15) is 57.7 Å². The third-order valence-corrected chi connectivity index (χ3v) is 5.44. The van der Waals surface area contributed by atoms with E-state index in [0.717, 1.165) is 22.2 Å². The number of H-pyrrole nitrogens is 1. The molecule has 3 rings (SSSR count). The first-order valence-corrected chi connectivity index (χ1v) is 10.7. The van der Waals surface area contributed by atoms with E-state index in [2.05, 4.69) is 29.5 Å². The fourth-order valence-corrected chi connectivity index (χ4v) is 4.19. The number of rotatable bonds is 7. The number of carbonyl (C=O) groups is 3. The van der Waals surface area contributed by atoms with Crippen LogP contribution < -0.4 is 15.4 Å². The highest BCUT2D eigenvalue weighted by atomic mass is 16.5. The van der Waals surface area contributed by atoms with Gasteiger partial charge in [-0.15, -0.1) is 0 Å². The number of aliphatic carboxylic acids is 1. The van der Waals surface area contributed by atoms with Crippen molar-refractivity contribution in [3.05, 3.63) is 29.5 Å². The highest BCUT2D eigenvalue weighted by Crippen LogP contribution is 2.37. The largest absolute Gasteiger partial charge is 0.497 e. The van der Waals surface area contributed by atoms with E-state index in [1.165, 1.54) is 0 Å². The molecule has 0 aliphatic carbocycles. The summed E-state index contributed by atoms with van der Waals surface area (Å²) in [4.78, 5) is 38.8. The molecule has 0 spiro atoms. The van der Waals surface area contributed by atoms with Crippen LogP contribution >= 0.6 is 0 Å². The summed E-state index contributed by atoms with van der Waals surface area (Å²) >= 11 is 0. The fraction of sp³-hybridized carbons (Fsp3) is 0.522. The number of benzene rings is 1. The van der Waals surface area contributed by atoms with Crippen LogP contribution in [-0.2, 0) is 20.8 Å². The molecular formula is C23H33N3O5. The molecule has 1 aliphatic rings. The molecule has 0 radical (unpaired) electrons. The van der Waals surface area contributed by atoms with Gasteiger partial charge in [-0.1, -0.05) is 27.7 Å². The second kappa shape index (κ2) is 10.8. The lowest BCUT2D eigenvalue weighted by atomic mass is 9.81. The summed E-state index contributed by atoms with van der Waals surface area (Å²) in [6.07, 6.45) is 1.33. The lowest BCUT2D eigenvalue weighted by molar-refractivity contribution is -0.138. The van der Waals surface area contributed by atoms with Crippen molar-refractivity contribution in [2.75, 3.05) is 7.11 Å². The molecule has 1 aromatic heterocycles. The average Bonchev–Trinajstić information content (AvgIpc) is 3.08. The predicted molar refractivity (Wildman–Crippen MR) is 119 cm³/mol. The van der Waals surface area contributed by atoms with Crippen LogP contribution in [0.25, 0.3) is 10.9 Å². The zero-order valence-electron chi connectivity index (χ0n) is 18.8. The number of carbonyl (C=O) groups excluding carboxylic acids is 2. The molecule has 3 atom stereocenters. The Labute approximate surface area is 182 Å². The average molecular weight is 432 g/mol. The summed E-state index contributed by atoms with van der Waals surface area (Å²) in [6.45, 7) is 8.14. The summed E-state index contributed by atoms with van der Waals surface area (Å²) in [5.41, 5.74) is 2.69. The molecule has 1 aliphatic heterocycles. The number of amides is 2. The summed E-state index contributed by atoms with van der Waals surface area (Å²) in [5, 5.41) is 15.8. The Kier molecular flexibility index (Phi) is 8.47. The van der Waals surface area contributed by atoms with Gasteiger partial charge in [-0.2, -0.15) is 0 Å². The molecule has 2 amide bonds. The van der Waals surface area contributed by atoms with E-state index in [9.17, 15) is 19.5 Å².